The summed E-state index contributed by atoms with van der Waals surface area (Å²) in [7, 11) is 1.61. The van der Waals surface area contributed by atoms with Crippen LogP contribution >= 0.6 is 15.9 Å². The molecule has 0 saturated heterocycles. The summed E-state index contributed by atoms with van der Waals surface area (Å²) in [5.41, 5.74) is 2.07. The Balaban J connectivity index is 2.15. The molecule has 32 heavy (non-hydrogen) atoms. The van der Waals surface area contributed by atoms with Crippen LogP contribution in [0.5, 0.6) is 11.5 Å². The topological polar surface area (TPSA) is 67.9 Å². The van der Waals surface area contributed by atoms with Crippen molar-refractivity contribution < 1.29 is 19.1 Å². The summed E-state index contributed by atoms with van der Waals surface area (Å²) in [5.74, 6) is 1.20. The molecule has 0 aliphatic heterocycles. The quantitative estimate of drug-likeness (QED) is 0.485. The molecule has 0 spiro atoms. The molecule has 174 valence electrons. The molecule has 0 radical (unpaired) electrons. The molecule has 0 saturated carbocycles. The van der Waals surface area contributed by atoms with Gasteiger partial charge in [-0.2, -0.15) is 0 Å². The first-order valence-electron chi connectivity index (χ1n) is 10.9. The minimum atomic E-state index is -0.641. The second-order valence-electron chi connectivity index (χ2n) is 8.09. The van der Waals surface area contributed by atoms with Crippen LogP contribution in [0.3, 0.4) is 0 Å². The molecule has 2 aromatic rings. The molecular formula is C25H33BrN2O4. The van der Waals surface area contributed by atoms with Crippen molar-refractivity contribution in [3.63, 3.8) is 0 Å². The zero-order valence-electron chi connectivity index (χ0n) is 19.5. The third-order valence-electron chi connectivity index (χ3n) is 5.12. The Bertz CT molecular complexity index is 899. The Hall–Kier alpha value is -2.54. The zero-order chi connectivity index (χ0) is 23.7. The molecule has 6 nitrogen and oxygen atoms in total. The summed E-state index contributed by atoms with van der Waals surface area (Å²) in [6.45, 7) is 8.56. The van der Waals surface area contributed by atoms with Crippen LogP contribution in [-0.4, -0.2) is 43.0 Å². The number of amides is 2. The van der Waals surface area contributed by atoms with E-state index in [-0.39, 0.29) is 18.4 Å². The van der Waals surface area contributed by atoms with Crippen molar-refractivity contribution >= 4 is 27.7 Å². The van der Waals surface area contributed by atoms with Gasteiger partial charge in [0.1, 0.15) is 17.5 Å². The predicted molar refractivity (Wildman–Crippen MR) is 130 cm³/mol. The van der Waals surface area contributed by atoms with E-state index in [0.29, 0.717) is 24.8 Å². The summed E-state index contributed by atoms with van der Waals surface area (Å²) in [6.07, 6.45) is 0.913. The molecule has 0 fully saturated rings. The van der Waals surface area contributed by atoms with Gasteiger partial charge in [-0.05, 0) is 70.6 Å². The van der Waals surface area contributed by atoms with E-state index in [1.807, 2.05) is 56.3 Å². The molecule has 0 bridgehead atoms. The number of hydrogen-bond acceptors (Lipinski definition) is 4. The summed E-state index contributed by atoms with van der Waals surface area (Å²) < 4.78 is 11.8. The summed E-state index contributed by atoms with van der Waals surface area (Å²) in [4.78, 5) is 27.4. The summed E-state index contributed by atoms with van der Waals surface area (Å²) >= 11 is 3.50. The Labute approximate surface area is 199 Å². The van der Waals surface area contributed by atoms with Gasteiger partial charge in [0.15, 0.2) is 6.61 Å². The number of hydrogen-bond donors (Lipinski definition) is 1. The van der Waals surface area contributed by atoms with E-state index >= 15 is 0 Å². The van der Waals surface area contributed by atoms with E-state index in [0.717, 1.165) is 22.2 Å². The van der Waals surface area contributed by atoms with Gasteiger partial charge in [-0.15, -0.1) is 0 Å². The Kier molecular flexibility index (Phi) is 10.0. The molecule has 2 amide bonds. The standard InChI is InChI=1S/C25H33BrN2O4/c1-6-19-9-12-23(22(26)13-19)32-16-24(29)28(18(4)25(30)27-14-17(2)3)15-20-7-10-21(31-5)11-8-20/h7-13,17-18H,6,14-16H2,1-5H3,(H,27,30)/t18-/m1/s1. The van der Waals surface area contributed by atoms with Crippen LogP contribution < -0.4 is 14.8 Å². The molecular weight excluding hydrogens is 472 g/mol. The zero-order valence-corrected chi connectivity index (χ0v) is 21.1. The molecule has 2 aromatic carbocycles. The van der Waals surface area contributed by atoms with Crippen molar-refractivity contribution in [2.24, 2.45) is 5.92 Å². The molecule has 0 unspecified atom stereocenters. The minimum absolute atomic E-state index is 0.165. The van der Waals surface area contributed by atoms with Gasteiger partial charge in [-0.25, -0.2) is 0 Å². The molecule has 7 heteroatoms. The largest absolute Gasteiger partial charge is 0.497 e. The van der Waals surface area contributed by atoms with Gasteiger partial charge in [0.25, 0.3) is 5.91 Å². The van der Waals surface area contributed by atoms with Gasteiger partial charge in [0.05, 0.1) is 11.6 Å². The van der Waals surface area contributed by atoms with Crippen LogP contribution in [0.25, 0.3) is 0 Å². The van der Waals surface area contributed by atoms with Gasteiger partial charge in [0, 0.05) is 13.1 Å². The highest BCUT2D eigenvalue weighted by Crippen LogP contribution is 2.26. The number of rotatable bonds is 11. The van der Waals surface area contributed by atoms with Gasteiger partial charge in [-0.3, -0.25) is 9.59 Å². The van der Waals surface area contributed by atoms with Crippen molar-refractivity contribution in [3.05, 3.63) is 58.1 Å². The lowest BCUT2D eigenvalue weighted by molar-refractivity contribution is -0.142. The van der Waals surface area contributed by atoms with Crippen LogP contribution in [0, 0.1) is 5.92 Å². The molecule has 1 N–H and O–H groups in total. The van der Waals surface area contributed by atoms with E-state index < -0.39 is 6.04 Å². The van der Waals surface area contributed by atoms with Gasteiger partial charge in [-0.1, -0.05) is 39.0 Å². The van der Waals surface area contributed by atoms with Gasteiger partial charge in [0.2, 0.25) is 5.91 Å². The number of ether oxygens (including phenoxy) is 2. The number of methoxy groups -OCH3 is 1. The van der Waals surface area contributed by atoms with E-state index in [4.69, 9.17) is 9.47 Å². The first-order valence-corrected chi connectivity index (χ1v) is 11.7. The maximum absolute atomic E-state index is 13.1. The van der Waals surface area contributed by atoms with Crippen LogP contribution in [-0.2, 0) is 22.6 Å². The van der Waals surface area contributed by atoms with Crippen molar-refractivity contribution in [3.8, 4) is 11.5 Å². The van der Waals surface area contributed by atoms with E-state index in [2.05, 4.69) is 28.2 Å². The SMILES string of the molecule is CCc1ccc(OCC(=O)N(Cc2ccc(OC)cc2)[C@H](C)C(=O)NCC(C)C)c(Br)c1. The maximum Gasteiger partial charge on any atom is 0.261 e. The first-order chi connectivity index (χ1) is 15.2. The highest BCUT2D eigenvalue weighted by Gasteiger charge is 2.26. The fraction of sp³-hybridized carbons (Fsp3) is 0.440. The van der Waals surface area contributed by atoms with Crippen molar-refractivity contribution in [2.75, 3.05) is 20.3 Å². The second kappa shape index (κ2) is 12.5. The minimum Gasteiger partial charge on any atom is -0.497 e. The maximum atomic E-state index is 13.1. The number of nitrogens with zero attached hydrogens (tertiary/aromatic N) is 1. The van der Waals surface area contributed by atoms with Gasteiger partial charge < -0.3 is 19.7 Å². The normalized spacial score (nSPS) is 11.7. The number of benzene rings is 2. The van der Waals surface area contributed by atoms with E-state index in [9.17, 15) is 9.59 Å². The lowest BCUT2D eigenvalue weighted by atomic mass is 10.1. The van der Waals surface area contributed by atoms with Crippen LogP contribution in [0.15, 0.2) is 46.9 Å². The number of aryl methyl sites for hydroxylation is 1. The Morgan fingerprint density at radius 3 is 2.28 bits per heavy atom. The highest BCUT2D eigenvalue weighted by atomic mass is 79.9. The van der Waals surface area contributed by atoms with Crippen molar-refractivity contribution in [2.45, 2.75) is 46.7 Å². The van der Waals surface area contributed by atoms with E-state index in [1.165, 1.54) is 5.56 Å². The molecule has 0 aromatic heterocycles. The Morgan fingerprint density at radius 1 is 1.06 bits per heavy atom. The monoisotopic (exact) mass is 504 g/mol. The average Bonchev–Trinajstić information content (AvgIpc) is 2.79. The second-order valence-corrected chi connectivity index (χ2v) is 8.95. The molecule has 0 aliphatic carbocycles. The average molecular weight is 505 g/mol. The first kappa shape index (κ1) is 25.7. The van der Waals surface area contributed by atoms with Crippen LogP contribution in [0.1, 0.15) is 38.8 Å². The van der Waals surface area contributed by atoms with Crippen molar-refractivity contribution in [1.82, 2.24) is 10.2 Å². The van der Waals surface area contributed by atoms with E-state index in [1.54, 1.807) is 18.9 Å². The number of halogens is 1. The summed E-state index contributed by atoms with van der Waals surface area (Å²) in [6, 6.07) is 12.6. The fourth-order valence-corrected chi connectivity index (χ4v) is 3.61. The molecule has 0 aliphatic rings. The number of carbonyl (C=O) groups excluding carboxylic acids is 2. The number of nitrogens with one attached hydrogen (secondary N) is 1. The molecule has 2 rings (SSSR count). The Morgan fingerprint density at radius 2 is 1.72 bits per heavy atom. The highest BCUT2D eigenvalue weighted by molar-refractivity contribution is 9.10. The van der Waals surface area contributed by atoms with Crippen molar-refractivity contribution in [1.29, 1.82) is 0 Å². The lowest BCUT2D eigenvalue weighted by Gasteiger charge is -2.29. The smallest absolute Gasteiger partial charge is 0.261 e. The summed E-state index contributed by atoms with van der Waals surface area (Å²) in [5, 5.41) is 2.92. The van der Waals surface area contributed by atoms with Crippen LogP contribution in [0.4, 0.5) is 0 Å². The predicted octanol–water partition coefficient (Wildman–Crippen LogP) is 4.59. The van der Waals surface area contributed by atoms with Crippen LogP contribution in [0.2, 0.25) is 0 Å². The molecule has 1 atom stereocenters. The third kappa shape index (κ3) is 7.55. The lowest BCUT2D eigenvalue weighted by Crippen LogP contribution is -2.49. The number of carbonyl (C=O) groups is 2. The third-order valence-corrected chi connectivity index (χ3v) is 5.74. The van der Waals surface area contributed by atoms with Gasteiger partial charge >= 0.3 is 0 Å². The fourth-order valence-electron chi connectivity index (χ4n) is 3.07. The molecule has 0 heterocycles.